The van der Waals surface area contributed by atoms with E-state index in [0.717, 1.165) is 39.3 Å². The molecule has 1 fully saturated rings. The summed E-state index contributed by atoms with van der Waals surface area (Å²) < 4.78 is 10.5. The first-order valence-corrected chi connectivity index (χ1v) is 8.01. The highest BCUT2D eigenvalue weighted by Gasteiger charge is 2.21. The lowest BCUT2D eigenvalue weighted by atomic mass is 10.2. The van der Waals surface area contributed by atoms with Gasteiger partial charge in [0.2, 0.25) is 5.91 Å². The summed E-state index contributed by atoms with van der Waals surface area (Å²) in [6, 6.07) is 0.143. The fourth-order valence-corrected chi connectivity index (χ4v) is 2.46. The molecule has 140 valence electrons. The van der Waals surface area contributed by atoms with Gasteiger partial charge < -0.3 is 24.6 Å². The second kappa shape index (κ2) is 15.4. The first-order valence-electron chi connectivity index (χ1n) is 8.01. The number of halogens is 2. The zero-order valence-corrected chi connectivity index (χ0v) is 16.2. The van der Waals surface area contributed by atoms with E-state index < -0.39 is 0 Å². The second-order valence-corrected chi connectivity index (χ2v) is 5.33. The van der Waals surface area contributed by atoms with Crippen molar-refractivity contribution < 1.29 is 14.3 Å². The topological polar surface area (TPSA) is 54.0 Å². The number of ether oxygens (including phenoxy) is 2. The predicted molar refractivity (Wildman–Crippen MR) is 98.0 cm³/mol. The Bertz CT molecular complexity index is 289. The molecule has 23 heavy (non-hydrogen) atoms. The van der Waals surface area contributed by atoms with E-state index in [1.807, 2.05) is 4.90 Å². The number of hydrogen-bond acceptors (Lipinski definition) is 5. The average Bonchev–Trinajstić information content (AvgIpc) is 2.52. The van der Waals surface area contributed by atoms with Crippen molar-refractivity contribution in [2.45, 2.75) is 26.3 Å². The van der Waals surface area contributed by atoms with Crippen LogP contribution in [0.4, 0.5) is 0 Å². The zero-order valence-electron chi connectivity index (χ0n) is 14.6. The molecule has 6 nitrogen and oxygen atoms in total. The van der Waals surface area contributed by atoms with Crippen LogP contribution >= 0.6 is 24.8 Å². The van der Waals surface area contributed by atoms with E-state index in [9.17, 15) is 4.79 Å². The lowest BCUT2D eigenvalue weighted by Gasteiger charge is -2.29. The molecule has 0 saturated carbocycles. The molecule has 1 amide bonds. The molecule has 8 heteroatoms. The number of carbonyl (C=O) groups is 1. The van der Waals surface area contributed by atoms with Crippen molar-refractivity contribution in [1.29, 1.82) is 0 Å². The molecule has 0 spiro atoms. The van der Waals surface area contributed by atoms with Crippen LogP contribution in [0.15, 0.2) is 0 Å². The van der Waals surface area contributed by atoms with Gasteiger partial charge >= 0.3 is 0 Å². The number of morpholine rings is 1. The van der Waals surface area contributed by atoms with Gasteiger partial charge in [-0.25, -0.2) is 0 Å². The van der Waals surface area contributed by atoms with Crippen LogP contribution in [0.25, 0.3) is 0 Å². The van der Waals surface area contributed by atoms with Gasteiger partial charge in [-0.1, -0.05) is 13.8 Å². The third kappa shape index (κ3) is 10.4. The number of likely N-dealkylation sites (N-methyl/N-ethyl adjacent to an activating group) is 1. The van der Waals surface area contributed by atoms with Gasteiger partial charge in [0.15, 0.2) is 0 Å². The molecule has 1 heterocycles. The van der Waals surface area contributed by atoms with Crippen molar-refractivity contribution >= 4 is 30.7 Å². The van der Waals surface area contributed by atoms with Crippen LogP contribution in [-0.4, -0.2) is 87.9 Å². The molecular formula is C15H33Cl2N3O3. The van der Waals surface area contributed by atoms with Gasteiger partial charge in [-0.3, -0.25) is 4.79 Å². The van der Waals surface area contributed by atoms with Crippen LogP contribution in [0.2, 0.25) is 0 Å². The van der Waals surface area contributed by atoms with E-state index in [1.165, 1.54) is 0 Å². The Morgan fingerprint density at radius 3 is 2.43 bits per heavy atom. The van der Waals surface area contributed by atoms with Crippen molar-refractivity contribution in [3.05, 3.63) is 0 Å². The van der Waals surface area contributed by atoms with Crippen LogP contribution in [0.5, 0.6) is 0 Å². The van der Waals surface area contributed by atoms with E-state index >= 15 is 0 Å². The average molecular weight is 374 g/mol. The van der Waals surface area contributed by atoms with Crippen LogP contribution in [0.3, 0.4) is 0 Å². The highest BCUT2D eigenvalue weighted by atomic mass is 35.5. The minimum Gasteiger partial charge on any atom is -0.383 e. The molecule has 1 saturated heterocycles. The third-order valence-electron chi connectivity index (χ3n) is 3.92. The molecule has 0 aliphatic carbocycles. The van der Waals surface area contributed by atoms with Crippen molar-refractivity contribution in [2.24, 2.45) is 0 Å². The monoisotopic (exact) mass is 373 g/mol. The summed E-state index contributed by atoms with van der Waals surface area (Å²) in [5, 5.41) is 3.33. The Morgan fingerprint density at radius 2 is 1.91 bits per heavy atom. The highest BCUT2D eigenvalue weighted by Crippen LogP contribution is 2.04. The summed E-state index contributed by atoms with van der Waals surface area (Å²) >= 11 is 0. The number of nitrogens with one attached hydrogen (secondary N) is 1. The summed E-state index contributed by atoms with van der Waals surface area (Å²) in [5.41, 5.74) is 0. The number of methoxy groups -OCH3 is 1. The maximum absolute atomic E-state index is 12.5. The first kappa shape index (κ1) is 25.1. The molecule has 1 aliphatic heterocycles. The molecular weight excluding hydrogens is 341 g/mol. The number of carbonyl (C=O) groups excluding carboxylic acids is 1. The number of amides is 1. The quantitative estimate of drug-likeness (QED) is 0.619. The molecule has 0 bridgehead atoms. The van der Waals surface area contributed by atoms with Gasteiger partial charge in [-0.2, -0.15) is 0 Å². The standard InChI is InChI=1S/C15H31N3O3.2ClH/c1-4-17(5-2)7-8-18(9-11-20-3)15(19)12-14-13-21-10-6-16-14;;/h14,16H,4-13H2,1-3H3;2*1H. The fourth-order valence-electron chi connectivity index (χ4n) is 2.46. The molecule has 0 aromatic carbocycles. The summed E-state index contributed by atoms with van der Waals surface area (Å²) in [4.78, 5) is 16.7. The lowest BCUT2D eigenvalue weighted by Crippen LogP contribution is -2.47. The lowest BCUT2D eigenvalue weighted by molar-refractivity contribution is -0.133. The van der Waals surface area contributed by atoms with Gasteiger partial charge in [0, 0.05) is 45.8 Å². The van der Waals surface area contributed by atoms with Crippen molar-refractivity contribution in [3.8, 4) is 0 Å². The molecule has 1 atom stereocenters. The van der Waals surface area contributed by atoms with E-state index in [2.05, 4.69) is 24.1 Å². The van der Waals surface area contributed by atoms with Gasteiger partial charge in [-0.05, 0) is 13.1 Å². The fraction of sp³-hybridized carbons (Fsp3) is 0.933. The second-order valence-electron chi connectivity index (χ2n) is 5.33. The Hall–Kier alpha value is -0.110. The molecule has 1 aliphatic rings. The number of nitrogens with zero attached hydrogens (tertiary/aromatic N) is 2. The molecule has 0 aromatic heterocycles. The van der Waals surface area contributed by atoms with Crippen LogP contribution in [-0.2, 0) is 14.3 Å². The summed E-state index contributed by atoms with van der Waals surface area (Å²) in [5.74, 6) is 0.183. The normalized spacial score (nSPS) is 17.3. The molecule has 1 unspecified atom stereocenters. The van der Waals surface area contributed by atoms with Gasteiger partial charge in [-0.15, -0.1) is 24.8 Å². The van der Waals surface area contributed by atoms with Gasteiger partial charge in [0.1, 0.15) is 0 Å². The Balaban J connectivity index is 0. The van der Waals surface area contributed by atoms with E-state index in [4.69, 9.17) is 9.47 Å². The van der Waals surface area contributed by atoms with Crippen LogP contribution in [0, 0.1) is 0 Å². The predicted octanol–water partition coefficient (Wildman–Crippen LogP) is 1.03. The smallest absolute Gasteiger partial charge is 0.224 e. The minimum absolute atomic E-state index is 0. The molecule has 1 N–H and O–H groups in total. The maximum Gasteiger partial charge on any atom is 0.224 e. The van der Waals surface area contributed by atoms with Gasteiger partial charge in [0.25, 0.3) is 0 Å². The van der Waals surface area contributed by atoms with E-state index in [0.29, 0.717) is 26.2 Å². The third-order valence-corrected chi connectivity index (χ3v) is 3.92. The van der Waals surface area contributed by atoms with Crippen LogP contribution in [0.1, 0.15) is 20.3 Å². The molecule has 0 radical (unpaired) electrons. The van der Waals surface area contributed by atoms with Crippen LogP contribution < -0.4 is 5.32 Å². The summed E-state index contributed by atoms with van der Waals surface area (Å²) in [6.07, 6.45) is 0.502. The summed E-state index contributed by atoms with van der Waals surface area (Å²) in [7, 11) is 1.67. The largest absolute Gasteiger partial charge is 0.383 e. The molecule has 0 aromatic rings. The van der Waals surface area contributed by atoms with E-state index in [-0.39, 0.29) is 36.8 Å². The van der Waals surface area contributed by atoms with E-state index in [1.54, 1.807) is 7.11 Å². The number of rotatable bonds is 10. The Labute approximate surface area is 153 Å². The summed E-state index contributed by atoms with van der Waals surface area (Å²) in [6.45, 7) is 11.4. The Morgan fingerprint density at radius 1 is 1.22 bits per heavy atom. The van der Waals surface area contributed by atoms with Crippen molar-refractivity contribution in [2.75, 3.05) is 66.2 Å². The van der Waals surface area contributed by atoms with Gasteiger partial charge in [0.05, 0.1) is 19.8 Å². The highest BCUT2D eigenvalue weighted by molar-refractivity contribution is 5.85. The number of hydrogen-bond donors (Lipinski definition) is 1. The SMILES string of the molecule is CCN(CC)CCN(CCOC)C(=O)CC1COCCN1.Cl.Cl. The minimum atomic E-state index is 0. The van der Waals surface area contributed by atoms with Crippen molar-refractivity contribution in [1.82, 2.24) is 15.1 Å². The van der Waals surface area contributed by atoms with Crippen molar-refractivity contribution in [3.63, 3.8) is 0 Å². The zero-order chi connectivity index (χ0) is 15.5. The molecule has 1 rings (SSSR count). The first-order chi connectivity index (χ1) is 10.2. The Kier molecular flexibility index (Phi) is 16.9. The maximum atomic E-state index is 12.5.